The van der Waals surface area contributed by atoms with Gasteiger partial charge < -0.3 is 10.1 Å². The Hall–Kier alpha value is -4.01. The van der Waals surface area contributed by atoms with Crippen molar-refractivity contribution in [3.63, 3.8) is 0 Å². The normalized spacial score (nSPS) is 10.6. The van der Waals surface area contributed by atoms with Crippen LogP contribution in [0.1, 0.15) is 0 Å². The van der Waals surface area contributed by atoms with E-state index in [0.717, 1.165) is 11.3 Å². The van der Waals surface area contributed by atoms with Crippen molar-refractivity contribution in [2.24, 2.45) is 0 Å². The molecule has 1 aromatic carbocycles. The Balaban J connectivity index is 1.59. The molecule has 0 aliphatic carbocycles. The molecule has 0 saturated heterocycles. The molecule has 0 atom stereocenters. The Morgan fingerprint density at radius 3 is 2.70 bits per heavy atom. The molecule has 0 aliphatic heterocycles. The third-order valence-electron chi connectivity index (χ3n) is 3.81. The summed E-state index contributed by atoms with van der Waals surface area (Å²) in [7, 11) is 1.61. The number of hydrogen-bond acceptors (Lipinski definition) is 6. The number of aromatic nitrogens is 5. The molecule has 4 aromatic rings. The Morgan fingerprint density at radius 2 is 1.96 bits per heavy atom. The van der Waals surface area contributed by atoms with Gasteiger partial charge in [0, 0.05) is 11.8 Å². The first-order valence-electron chi connectivity index (χ1n) is 8.06. The van der Waals surface area contributed by atoms with Crippen molar-refractivity contribution in [1.29, 1.82) is 0 Å². The minimum atomic E-state index is -0.440. The molecule has 0 saturated carbocycles. The highest BCUT2D eigenvalue weighted by atomic mass is 16.5. The van der Waals surface area contributed by atoms with E-state index in [1.807, 2.05) is 24.3 Å². The van der Waals surface area contributed by atoms with Gasteiger partial charge in [-0.2, -0.15) is 5.10 Å². The number of amides is 2. The van der Waals surface area contributed by atoms with Gasteiger partial charge in [-0.3, -0.25) is 15.4 Å². The van der Waals surface area contributed by atoms with Gasteiger partial charge in [0.05, 0.1) is 30.9 Å². The second kappa shape index (κ2) is 7.08. The molecule has 3 aromatic heterocycles. The summed E-state index contributed by atoms with van der Waals surface area (Å²) in [6, 6.07) is 10.5. The minimum absolute atomic E-state index is 0.356. The lowest BCUT2D eigenvalue weighted by atomic mass is 10.1. The number of pyridine rings is 1. The smallest absolute Gasteiger partial charge is 0.324 e. The van der Waals surface area contributed by atoms with E-state index in [1.165, 1.54) is 0 Å². The molecule has 9 heteroatoms. The van der Waals surface area contributed by atoms with Gasteiger partial charge >= 0.3 is 6.03 Å². The molecule has 0 bridgehead atoms. The molecular weight excluding hydrogens is 346 g/mol. The number of hydrogen-bond donors (Lipinski definition) is 3. The molecule has 3 heterocycles. The number of anilines is 2. The van der Waals surface area contributed by atoms with Crippen molar-refractivity contribution in [2.75, 3.05) is 17.7 Å². The standard InChI is InChI=1S/C18H15N7O2/c1-27-13-6-4-11(5-7-13)14-10-20-16-15(22-14)17(25-24-16)23-18(26)21-12-3-2-8-19-9-12/h2-10H,1H3,(H3,20,21,23,24,25,26). The zero-order chi connectivity index (χ0) is 18.6. The number of carbonyl (C=O) groups excluding carboxylic acids is 1. The number of nitrogens with zero attached hydrogens (tertiary/aromatic N) is 4. The van der Waals surface area contributed by atoms with Crippen LogP contribution in [-0.2, 0) is 0 Å². The largest absolute Gasteiger partial charge is 0.497 e. The van der Waals surface area contributed by atoms with Crippen molar-refractivity contribution in [1.82, 2.24) is 25.1 Å². The summed E-state index contributed by atoms with van der Waals surface area (Å²) in [4.78, 5) is 25.0. The zero-order valence-electron chi connectivity index (χ0n) is 14.3. The van der Waals surface area contributed by atoms with E-state index in [9.17, 15) is 4.79 Å². The number of carbonyl (C=O) groups is 1. The van der Waals surface area contributed by atoms with E-state index in [2.05, 4.69) is 35.8 Å². The third kappa shape index (κ3) is 3.52. The number of H-pyrrole nitrogens is 1. The third-order valence-corrected chi connectivity index (χ3v) is 3.81. The summed E-state index contributed by atoms with van der Waals surface area (Å²) in [6.45, 7) is 0. The van der Waals surface area contributed by atoms with E-state index >= 15 is 0 Å². The lowest BCUT2D eigenvalue weighted by molar-refractivity contribution is 0.262. The second-order valence-corrected chi connectivity index (χ2v) is 5.58. The van der Waals surface area contributed by atoms with Crippen LogP contribution in [0, 0.1) is 0 Å². The highest BCUT2D eigenvalue weighted by molar-refractivity contribution is 6.03. The molecule has 134 valence electrons. The van der Waals surface area contributed by atoms with Crippen LogP contribution in [0.25, 0.3) is 22.4 Å². The number of rotatable bonds is 4. The van der Waals surface area contributed by atoms with Gasteiger partial charge in [0.2, 0.25) is 5.65 Å². The second-order valence-electron chi connectivity index (χ2n) is 5.58. The first-order chi connectivity index (χ1) is 13.2. The van der Waals surface area contributed by atoms with Crippen LogP contribution in [0.5, 0.6) is 5.75 Å². The van der Waals surface area contributed by atoms with E-state index in [4.69, 9.17) is 4.74 Å². The van der Waals surface area contributed by atoms with Crippen LogP contribution >= 0.6 is 0 Å². The summed E-state index contributed by atoms with van der Waals surface area (Å²) in [6.07, 6.45) is 4.80. The van der Waals surface area contributed by atoms with E-state index in [1.54, 1.807) is 37.8 Å². The molecule has 0 fully saturated rings. The zero-order valence-corrected chi connectivity index (χ0v) is 14.3. The Kier molecular flexibility index (Phi) is 4.32. The maximum absolute atomic E-state index is 12.2. The highest BCUT2D eigenvalue weighted by Gasteiger charge is 2.13. The topological polar surface area (TPSA) is 118 Å². The van der Waals surface area contributed by atoms with Crippen LogP contribution in [0.2, 0.25) is 0 Å². The van der Waals surface area contributed by atoms with Gasteiger partial charge in [0.25, 0.3) is 0 Å². The first-order valence-corrected chi connectivity index (χ1v) is 8.06. The number of aromatic amines is 1. The van der Waals surface area contributed by atoms with Gasteiger partial charge in [-0.05, 0) is 36.4 Å². The van der Waals surface area contributed by atoms with Crippen molar-refractivity contribution in [3.05, 3.63) is 55.0 Å². The van der Waals surface area contributed by atoms with Gasteiger partial charge in [-0.15, -0.1) is 0 Å². The molecule has 0 aliphatic rings. The fourth-order valence-corrected chi connectivity index (χ4v) is 2.49. The van der Waals surface area contributed by atoms with Gasteiger partial charge in [-0.1, -0.05) is 0 Å². The number of ether oxygens (including phenoxy) is 1. The Labute approximate surface area is 153 Å². The van der Waals surface area contributed by atoms with Crippen molar-refractivity contribution < 1.29 is 9.53 Å². The molecule has 0 radical (unpaired) electrons. The van der Waals surface area contributed by atoms with Gasteiger partial charge in [0.1, 0.15) is 5.75 Å². The SMILES string of the molecule is COc1ccc(-c2cnc3n[nH]c(NC(=O)Nc4cccnc4)c3n2)cc1. The van der Waals surface area contributed by atoms with Gasteiger partial charge in [0.15, 0.2) is 11.3 Å². The quantitative estimate of drug-likeness (QED) is 0.514. The van der Waals surface area contributed by atoms with Crippen LogP contribution < -0.4 is 15.4 Å². The summed E-state index contributed by atoms with van der Waals surface area (Å²) < 4.78 is 5.16. The molecule has 3 N–H and O–H groups in total. The molecule has 27 heavy (non-hydrogen) atoms. The molecular formula is C18H15N7O2. The maximum Gasteiger partial charge on any atom is 0.324 e. The highest BCUT2D eigenvalue weighted by Crippen LogP contribution is 2.24. The monoisotopic (exact) mass is 361 g/mol. The Bertz CT molecular complexity index is 1080. The van der Waals surface area contributed by atoms with Crippen LogP contribution in [0.3, 0.4) is 0 Å². The predicted molar refractivity (Wildman–Crippen MR) is 101 cm³/mol. The summed E-state index contributed by atoms with van der Waals surface area (Å²) >= 11 is 0. The number of fused-ring (bicyclic) bond motifs is 1. The lowest BCUT2D eigenvalue weighted by Gasteiger charge is -2.06. The van der Waals surface area contributed by atoms with Crippen molar-refractivity contribution >= 4 is 28.7 Å². The minimum Gasteiger partial charge on any atom is -0.497 e. The number of nitrogens with one attached hydrogen (secondary N) is 3. The molecule has 2 amide bonds. The van der Waals surface area contributed by atoms with E-state index in [0.29, 0.717) is 28.4 Å². The van der Waals surface area contributed by atoms with E-state index in [-0.39, 0.29) is 0 Å². The van der Waals surface area contributed by atoms with Crippen molar-refractivity contribution in [2.45, 2.75) is 0 Å². The average Bonchev–Trinajstić information content (AvgIpc) is 3.10. The number of methoxy groups -OCH3 is 1. The molecule has 0 spiro atoms. The van der Waals surface area contributed by atoms with Gasteiger partial charge in [-0.25, -0.2) is 14.8 Å². The molecule has 9 nitrogen and oxygen atoms in total. The Morgan fingerprint density at radius 1 is 1.11 bits per heavy atom. The van der Waals surface area contributed by atoms with E-state index < -0.39 is 6.03 Å². The summed E-state index contributed by atoms with van der Waals surface area (Å²) in [5.74, 6) is 1.11. The van der Waals surface area contributed by atoms with Crippen LogP contribution in [0.4, 0.5) is 16.3 Å². The fraction of sp³-hybridized carbons (Fsp3) is 0.0556. The van der Waals surface area contributed by atoms with Crippen LogP contribution in [-0.4, -0.2) is 38.3 Å². The molecule has 0 unspecified atom stereocenters. The number of benzene rings is 1. The first kappa shape index (κ1) is 16.5. The van der Waals surface area contributed by atoms with Crippen molar-refractivity contribution in [3.8, 4) is 17.0 Å². The summed E-state index contributed by atoms with van der Waals surface area (Å²) in [5, 5.41) is 12.2. The maximum atomic E-state index is 12.2. The number of urea groups is 1. The predicted octanol–water partition coefficient (Wildman–Crippen LogP) is 3.07. The summed E-state index contributed by atoms with van der Waals surface area (Å²) in [5.41, 5.74) is 2.97. The lowest BCUT2D eigenvalue weighted by Crippen LogP contribution is -2.20. The van der Waals surface area contributed by atoms with Crippen LogP contribution in [0.15, 0.2) is 55.0 Å². The fourth-order valence-electron chi connectivity index (χ4n) is 2.49. The molecule has 4 rings (SSSR count). The average molecular weight is 361 g/mol.